The van der Waals surface area contributed by atoms with Crippen molar-refractivity contribution in [2.75, 3.05) is 4.90 Å². The normalized spacial score (nSPS) is 26.7. The van der Waals surface area contributed by atoms with Crippen LogP contribution in [0.4, 0.5) is 5.69 Å². The first-order valence-electron chi connectivity index (χ1n) is 9.91. The number of carbonyl (C=O) groups excluding carboxylic acids is 2. The Balaban J connectivity index is 1.55. The summed E-state index contributed by atoms with van der Waals surface area (Å²) in [6.07, 6.45) is 0.912. The van der Waals surface area contributed by atoms with Gasteiger partial charge in [0, 0.05) is 23.3 Å². The zero-order chi connectivity index (χ0) is 19.8. The summed E-state index contributed by atoms with van der Waals surface area (Å²) in [4.78, 5) is 28.4. The minimum Gasteiger partial charge on any atom is -0.274 e. The number of anilines is 1. The van der Waals surface area contributed by atoms with Crippen LogP contribution in [0.15, 0.2) is 72.8 Å². The summed E-state index contributed by atoms with van der Waals surface area (Å²) in [5, 5.41) is 0.518. The highest BCUT2D eigenvalue weighted by molar-refractivity contribution is 6.31. The molecule has 3 nitrogen and oxygen atoms in total. The first-order valence-corrected chi connectivity index (χ1v) is 10.3. The van der Waals surface area contributed by atoms with Crippen LogP contribution in [0.25, 0.3) is 0 Å². The highest BCUT2D eigenvalue weighted by Crippen LogP contribution is 2.64. The molecule has 0 aromatic heterocycles. The number of halogens is 1. The standard InChI is InChI=1S/C25H18ClNO2/c26-15-6-5-7-16(12-15)27-22(28)14-25(24(27)29)13-21-17-8-1-3-10-19(17)23(25)20-11-4-2-9-18(20)21/h1-12,21,23H,13-14H2/t21?,23?,25-/m1/s1. The molecule has 0 unspecified atom stereocenters. The van der Waals surface area contributed by atoms with Crippen molar-refractivity contribution in [3.8, 4) is 0 Å². The van der Waals surface area contributed by atoms with E-state index in [1.54, 1.807) is 24.3 Å². The lowest BCUT2D eigenvalue weighted by Crippen LogP contribution is -2.47. The van der Waals surface area contributed by atoms with Gasteiger partial charge in [-0.2, -0.15) is 0 Å². The highest BCUT2D eigenvalue weighted by Gasteiger charge is 2.62. The Kier molecular flexibility index (Phi) is 3.40. The quantitative estimate of drug-likeness (QED) is 0.523. The van der Waals surface area contributed by atoms with Crippen LogP contribution in [-0.4, -0.2) is 11.8 Å². The minimum atomic E-state index is -0.729. The summed E-state index contributed by atoms with van der Waals surface area (Å²) in [6.45, 7) is 0. The molecular weight excluding hydrogens is 382 g/mol. The fourth-order valence-corrected chi connectivity index (χ4v) is 6.02. The van der Waals surface area contributed by atoms with Crippen LogP contribution in [0.3, 0.4) is 0 Å². The van der Waals surface area contributed by atoms with E-state index in [4.69, 9.17) is 11.6 Å². The molecule has 3 aromatic carbocycles. The predicted molar refractivity (Wildman–Crippen MR) is 112 cm³/mol. The molecule has 1 fully saturated rings. The van der Waals surface area contributed by atoms with Gasteiger partial charge in [-0.05, 0) is 46.9 Å². The number of hydrogen-bond donors (Lipinski definition) is 0. The number of imide groups is 1. The molecule has 142 valence electrons. The topological polar surface area (TPSA) is 37.4 Å². The molecular formula is C25H18ClNO2. The number of benzene rings is 3. The molecule has 1 atom stereocenters. The van der Waals surface area contributed by atoms with Gasteiger partial charge in [0.1, 0.15) is 0 Å². The van der Waals surface area contributed by atoms with E-state index in [2.05, 4.69) is 36.4 Å². The van der Waals surface area contributed by atoms with Crippen LogP contribution >= 0.6 is 11.6 Å². The maximum atomic E-state index is 13.9. The lowest BCUT2D eigenvalue weighted by molar-refractivity contribution is -0.127. The summed E-state index contributed by atoms with van der Waals surface area (Å²) in [5.74, 6) is -0.187. The molecule has 1 spiro atoms. The summed E-state index contributed by atoms with van der Waals surface area (Å²) in [6, 6.07) is 23.8. The van der Waals surface area contributed by atoms with Gasteiger partial charge < -0.3 is 0 Å². The maximum Gasteiger partial charge on any atom is 0.241 e. The average molecular weight is 400 g/mol. The molecule has 3 aliphatic carbocycles. The number of nitrogens with zero attached hydrogens (tertiary/aromatic N) is 1. The van der Waals surface area contributed by atoms with Crippen molar-refractivity contribution in [2.24, 2.45) is 5.41 Å². The summed E-state index contributed by atoms with van der Waals surface area (Å²) >= 11 is 6.14. The van der Waals surface area contributed by atoms with Crippen LogP contribution in [0.5, 0.6) is 0 Å². The molecule has 2 amide bonds. The van der Waals surface area contributed by atoms with Crippen LogP contribution < -0.4 is 4.90 Å². The Hall–Kier alpha value is -2.91. The fraction of sp³-hybridized carbons (Fsp3) is 0.200. The Morgan fingerprint density at radius 1 is 0.828 bits per heavy atom. The Labute approximate surface area is 173 Å². The Morgan fingerprint density at radius 3 is 2.07 bits per heavy atom. The van der Waals surface area contributed by atoms with E-state index < -0.39 is 5.41 Å². The van der Waals surface area contributed by atoms with Crippen molar-refractivity contribution < 1.29 is 9.59 Å². The van der Waals surface area contributed by atoms with Gasteiger partial charge in [0.25, 0.3) is 0 Å². The fourth-order valence-electron chi connectivity index (χ4n) is 5.84. The third-order valence-corrected chi connectivity index (χ3v) is 7.13. The molecule has 1 heterocycles. The molecule has 0 N–H and O–H groups in total. The van der Waals surface area contributed by atoms with Gasteiger partial charge in [-0.25, -0.2) is 4.90 Å². The molecule has 4 heteroatoms. The van der Waals surface area contributed by atoms with Gasteiger partial charge in [0.15, 0.2) is 0 Å². The Bertz CT molecular complexity index is 1160. The van der Waals surface area contributed by atoms with Gasteiger partial charge >= 0.3 is 0 Å². The molecule has 4 aliphatic rings. The molecule has 29 heavy (non-hydrogen) atoms. The van der Waals surface area contributed by atoms with Crippen LogP contribution in [0, 0.1) is 5.41 Å². The van der Waals surface area contributed by atoms with E-state index >= 15 is 0 Å². The third kappa shape index (κ3) is 2.14. The van der Waals surface area contributed by atoms with Crippen LogP contribution in [0.1, 0.15) is 46.9 Å². The van der Waals surface area contributed by atoms with E-state index in [1.165, 1.54) is 27.2 Å². The Morgan fingerprint density at radius 2 is 1.45 bits per heavy atom. The van der Waals surface area contributed by atoms with E-state index in [1.807, 2.05) is 12.1 Å². The average Bonchev–Trinajstić information content (AvgIpc) is 2.97. The molecule has 7 rings (SSSR count). The number of carbonyl (C=O) groups is 2. The van der Waals surface area contributed by atoms with Crippen molar-refractivity contribution in [2.45, 2.75) is 24.7 Å². The van der Waals surface area contributed by atoms with Crippen LogP contribution in [0.2, 0.25) is 5.02 Å². The largest absolute Gasteiger partial charge is 0.274 e. The lowest BCUT2D eigenvalue weighted by atomic mass is 9.51. The maximum absolute atomic E-state index is 13.9. The first kappa shape index (κ1) is 17.0. The number of amides is 2. The molecule has 0 radical (unpaired) electrons. The smallest absolute Gasteiger partial charge is 0.241 e. The number of hydrogen-bond acceptors (Lipinski definition) is 2. The van der Waals surface area contributed by atoms with Gasteiger partial charge in [-0.1, -0.05) is 66.2 Å². The van der Waals surface area contributed by atoms with Crippen LogP contribution in [-0.2, 0) is 9.59 Å². The highest BCUT2D eigenvalue weighted by atomic mass is 35.5. The second kappa shape index (κ2) is 5.80. The zero-order valence-corrected chi connectivity index (χ0v) is 16.4. The van der Waals surface area contributed by atoms with Gasteiger partial charge in [-0.3, -0.25) is 9.59 Å². The summed E-state index contributed by atoms with van der Waals surface area (Å²) < 4.78 is 0. The minimum absolute atomic E-state index is 0.0937. The first-order chi connectivity index (χ1) is 14.1. The van der Waals surface area contributed by atoms with Crippen molar-refractivity contribution in [1.82, 2.24) is 0 Å². The second-order valence-electron chi connectivity index (χ2n) is 8.29. The zero-order valence-electron chi connectivity index (χ0n) is 15.6. The van der Waals surface area contributed by atoms with Crippen molar-refractivity contribution in [3.63, 3.8) is 0 Å². The second-order valence-corrected chi connectivity index (χ2v) is 8.73. The predicted octanol–water partition coefficient (Wildman–Crippen LogP) is 5.27. The lowest BCUT2D eigenvalue weighted by Gasteiger charge is -2.50. The van der Waals surface area contributed by atoms with Crippen molar-refractivity contribution in [3.05, 3.63) is 100 Å². The van der Waals surface area contributed by atoms with Gasteiger partial charge in [0.05, 0.1) is 11.1 Å². The van der Waals surface area contributed by atoms with E-state index in [0.29, 0.717) is 17.1 Å². The van der Waals surface area contributed by atoms with Crippen molar-refractivity contribution >= 4 is 29.1 Å². The molecule has 3 aromatic rings. The molecule has 0 saturated carbocycles. The number of rotatable bonds is 1. The summed E-state index contributed by atoms with van der Waals surface area (Å²) in [5.41, 5.74) is 4.80. The molecule has 1 aliphatic heterocycles. The third-order valence-electron chi connectivity index (χ3n) is 6.90. The van der Waals surface area contributed by atoms with Gasteiger partial charge in [-0.15, -0.1) is 0 Å². The molecule has 1 saturated heterocycles. The van der Waals surface area contributed by atoms with E-state index in [0.717, 1.165) is 0 Å². The SMILES string of the molecule is O=C1C[C@@]2(CC3c4ccccc4C2c2ccccc23)C(=O)N1c1cccc(Cl)c1. The molecule has 2 bridgehead atoms. The monoisotopic (exact) mass is 399 g/mol. The van der Waals surface area contributed by atoms with E-state index in [-0.39, 0.29) is 30.1 Å². The van der Waals surface area contributed by atoms with Gasteiger partial charge in [0.2, 0.25) is 11.8 Å². The summed E-state index contributed by atoms with van der Waals surface area (Å²) in [7, 11) is 0. The van der Waals surface area contributed by atoms with Crippen molar-refractivity contribution in [1.29, 1.82) is 0 Å². The van der Waals surface area contributed by atoms with E-state index in [9.17, 15) is 9.59 Å².